The Balaban J connectivity index is 2.57. The second kappa shape index (κ2) is 8.85. The zero-order valence-electron chi connectivity index (χ0n) is 13.2. The zero-order chi connectivity index (χ0) is 15.9. The Hall–Kier alpha value is -0.470. The Morgan fingerprint density at radius 3 is 2.62 bits per heavy atom. The molecule has 5 nitrogen and oxygen atoms in total. The van der Waals surface area contributed by atoms with Crippen molar-refractivity contribution in [3.8, 4) is 0 Å². The summed E-state index contributed by atoms with van der Waals surface area (Å²) in [7, 11) is -1.81. The Labute approximate surface area is 132 Å². The summed E-state index contributed by atoms with van der Waals surface area (Å²) in [5.41, 5.74) is 0. The molecule has 122 valence electrons. The number of thiophene rings is 1. The largest absolute Gasteiger partial charge is 0.385 e. The molecule has 0 spiro atoms. The van der Waals surface area contributed by atoms with E-state index in [2.05, 4.69) is 23.9 Å². The van der Waals surface area contributed by atoms with E-state index in [4.69, 9.17) is 4.74 Å². The molecular formula is C14H26N2O3S2. The van der Waals surface area contributed by atoms with E-state index >= 15 is 0 Å². The molecule has 0 saturated heterocycles. The molecule has 21 heavy (non-hydrogen) atoms. The maximum absolute atomic E-state index is 12.2. The number of methoxy groups -OCH3 is 1. The highest BCUT2D eigenvalue weighted by Gasteiger charge is 2.19. The van der Waals surface area contributed by atoms with Crippen LogP contribution in [0, 0.1) is 0 Å². The molecular weight excluding hydrogens is 308 g/mol. The topological polar surface area (TPSA) is 67.4 Å². The van der Waals surface area contributed by atoms with E-state index in [1.165, 1.54) is 11.3 Å². The third-order valence-electron chi connectivity index (χ3n) is 2.94. The first-order chi connectivity index (χ1) is 9.85. The molecule has 7 heteroatoms. The van der Waals surface area contributed by atoms with Gasteiger partial charge in [0.25, 0.3) is 0 Å². The fraction of sp³-hybridized carbons (Fsp3) is 0.714. The van der Waals surface area contributed by atoms with Gasteiger partial charge in [-0.1, -0.05) is 13.8 Å². The molecule has 1 atom stereocenters. The third kappa shape index (κ3) is 6.88. The van der Waals surface area contributed by atoms with Gasteiger partial charge in [0.15, 0.2) is 0 Å². The lowest BCUT2D eigenvalue weighted by molar-refractivity contribution is 0.188. The van der Waals surface area contributed by atoms with Crippen molar-refractivity contribution in [2.75, 3.05) is 20.3 Å². The summed E-state index contributed by atoms with van der Waals surface area (Å²) in [6.45, 7) is 7.43. The summed E-state index contributed by atoms with van der Waals surface area (Å²) in [5.74, 6) is 0. The van der Waals surface area contributed by atoms with Gasteiger partial charge in [-0.05, 0) is 31.9 Å². The van der Waals surface area contributed by atoms with Crippen LogP contribution in [0.5, 0.6) is 0 Å². The van der Waals surface area contributed by atoms with Crippen molar-refractivity contribution in [3.05, 3.63) is 17.0 Å². The van der Waals surface area contributed by atoms with Crippen LogP contribution in [0.15, 0.2) is 16.3 Å². The third-order valence-corrected chi connectivity index (χ3v) is 6.16. The molecule has 0 amide bonds. The molecule has 1 heterocycles. The lowest BCUT2D eigenvalue weighted by atomic mass is 10.3. The summed E-state index contributed by atoms with van der Waals surface area (Å²) < 4.78 is 32.5. The number of hydrogen-bond donors (Lipinski definition) is 2. The fourth-order valence-electron chi connectivity index (χ4n) is 1.80. The molecule has 0 aliphatic carbocycles. The van der Waals surface area contributed by atoms with E-state index in [9.17, 15) is 8.42 Å². The first-order valence-electron chi connectivity index (χ1n) is 7.18. The summed E-state index contributed by atoms with van der Waals surface area (Å²) in [6.07, 6.45) is 1.50. The van der Waals surface area contributed by atoms with E-state index in [0.717, 1.165) is 17.8 Å². The molecule has 1 rings (SSSR count). The van der Waals surface area contributed by atoms with Gasteiger partial charge in [0.1, 0.15) is 4.21 Å². The molecule has 0 aromatic carbocycles. The van der Waals surface area contributed by atoms with Gasteiger partial charge in [-0.25, -0.2) is 13.1 Å². The Kier molecular flexibility index (Phi) is 7.83. The fourth-order valence-corrected chi connectivity index (χ4v) is 4.45. The van der Waals surface area contributed by atoms with Crippen molar-refractivity contribution < 1.29 is 13.2 Å². The number of sulfonamides is 1. The van der Waals surface area contributed by atoms with Gasteiger partial charge in [-0.15, -0.1) is 11.3 Å². The van der Waals surface area contributed by atoms with Crippen LogP contribution in [-0.2, 0) is 21.2 Å². The minimum atomic E-state index is -3.42. The maximum Gasteiger partial charge on any atom is 0.250 e. The monoisotopic (exact) mass is 334 g/mol. The lowest BCUT2D eigenvalue weighted by Gasteiger charge is -2.12. The van der Waals surface area contributed by atoms with E-state index in [0.29, 0.717) is 23.3 Å². The van der Waals surface area contributed by atoms with Gasteiger partial charge < -0.3 is 10.1 Å². The van der Waals surface area contributed by atoms with E-state index in [1.807, 2.05) is 13.0 Å². The molecule has 1 unspecified atom stereocenters. The van der Waals surface area contributed by atoms with Crippen molar-refractivity contribution in [1.29, 1.82) is 0 Å². The maximum atomic E-state index is 12.2. The summed E-state index contributed by atoms with van der Waals surface area (Å²) >= 11 is 1.34. The summed E-state index contributed by atoms with van der Waals surface area (Å²) in [6, 6.07) is 3.88. The first kappa shape index (κ1) is 18.6. The predicted octanol–water partition coefficient (Wildman–Crippen LogP) is 1.99. The van der Waals surface area contributed by atoms with Crippen LogP contribution in [0.4, 0.5) is 0 Å². The van der Waals surface area contributed by atoms with Crippen LogP contribution in [0.2, 0.25) is 0 Å². The zero-order valence-corrected chi connectivity index (χ0v) is 14.8. The first-order valence-corrected chi connectivity index (χ1v) is 9.48. The Morgan fingerprint density at radius 1 is 1.29 bits per heavy atom. The predicted molar refractivity (Wildman–Crippen MR) is 87.4 cm³/mol. The van der Waals surface area contributed by atoms with Crippen LogP contribution in [0.3, 0.4) is 0 Å². The van der Waals surface area contributed by atoms with E-state index in [-0.39, 0.29) is 6.04 Å². The lowest BCUT2D eigenvalue weighted by Crippen LogP contribution is -2.32. The Morgan fingerprint density at radius 2 is 2.00 bits per heavy atom. The average molecular weight is 335 g/mol. The van der Waals surface area contributed by atoms with Gasteiger partial charge in [-0.2, -0.15) is 0 Å². The minimum absolute atomic E-state index is 0.136. The normalized spacial score (nSPS) is 13.8. The average Bonchev–Trinajstić information content (AvgIpc) is 2.85. The van der Waals surface area contributed by atoms with Crippen molar-refractivity contribution >= 4 is 21.4 Å². The van der Waals surface area contributed by atoms with E-state index < -0.39 is 10.0 Å². The second-order valence-electron chi connectivity index (χ2n) is 5.38. The molecule has 0 saturated carbocycles. The number of hydrogen-bond acceptors (Lipinski definition) is 5. The van der Waals surface area contributed by atoms with Crippen molar-refractivity contribution in [2.24, 2.45) is 0 Å². The highest BCUT2D eigenvalue weighted by Crippen LogP contribution is 2.22. The molecule has 1 aromatic rings. The van der Waals surface area contributed by atoms with Crippen molar-refractivity contribution in [2.45, 2.75) is 49.9 Å². The minimum Gasteiger partial charge on any atom is -0.385 e. The highest BCUT2D eigenvalue weighted by molar-refractivity contribution is 7.91. The number of nitrogens with one attached hydrogen (secondary N) is 2. The van der Waals surface area contributed by atoms with Crippen LogP contribution in [0.25, 0.3) is 0 Å². The summed E-state index contributed by atoms with van der Waals surface area (Å²) in [5, 5.41) is 3.33. The Bertz CT molecular complexity index is 512. The van der Waals surface area contributed by atoms with Gasteiger partial charge in [0.05, 0.1) is 0 Å². The van der Waals surface area contributed by atoms with Crippen LogP contribution >= 0.6 is 11.3 Å². The van der Waals surface area contributed by atoms with Crippen LogP contribution < -0.4 is 10.0 Å². The molecule has 0 aliphatic heterocycles. The summed E-state index contributed by atoms with van der Waals surface area (Å²) in [4.78, 5) is 1.08. The highest BCUT2D eigenvalue weighted by atomic mass is 32.2. The molecule has 0 fully saturated rings. The molecule has 1 aromatic heterocycles. The molecule has 0 bridgehead atoms. The smallest absolute Gasteiger partial charge is 0.250 e. The van der Waals surface area contributed by atoms with Crippen molar-refractivity contribution in [3.63, 3.8) is 0 Å². The van der Waals surface area contributed by atoms with Gasteiger partial charge >= 0.3 is 0 Å². The number of rotatable bonds is 10. The van der Waals surface area contributed by atoms with Crippen LogP contribution in [0.1, 0.15) is 32.1 Å². The van der Waals surface area contributed by atoms with E-state index in [1.54, 1.807) is 13.2 Å². The SMILES string of the molecule is COCCC(C)NS(=O)(=O)c1ccc(CCNC(C)C)s1. The van der Waals surface area contributed by atoms with Crippen molar-refractivity contribution in [1.82, 2.24) is 10.0 Å². The quantitative estimate of drug-likeness (QED) is 0.687. The molecule has 2 N–H and O–H groups in total. The second-order valence-corrected chi connectivity index (χ2v) is 8.49. The van der Waals surface area contributed by atoms with Gasteiger partial charge in [0.2, 0.25) is 10.0 Å². The van der Waals surface area contributed by atoms with Gasteiger partial charge in [-0.3, -0.25) is 0 Å². The van der Waals surface area contributed by atoms with Crippen LogP contribution in [-0.4, -0.2) is 40.8 Å². The molecule has 0 aliphatic rings. The number of ether oxygens (including phenoxy) is 1. The van der Waals surface area contributed by atoms with Gasteiger partial charge in [0, 0.05) is 37.2 Å². The standard InChI is InChI=1S/C14H26N2O3S2/c1-11(2)15-9-7-13-5-6-14(20-13)21(17,18)16-12(3)8-10-19-4/h5-6,11-12,15-16H,7-10H2,1-4H3. The molecule has 0 radical (unpaired) electrons.